The molecule has 5 heteroatoms. The van der Waals surface area contributed by atoms with E-state index in [4.69, 9.17) is 5.73 Å². The topological polar surface area (TPSA) is 67.2 Å². The van der Waals surface area contributed by atoms with E-state index in [1.807, 2.05) is 13.0 Å². The highest BCUT2D eigenvalue weighted by Gasteiger charge is 2.07. The summed E-state index contributed by atoms with van der Waals surface area (Å²) in [5.74, 6) is -0.491. The predicted molar refractivity (Wildman–Crippen MR) is 74.6 cm³/mol. The van der Waals surface area contributed by atoms with E-state index in [1.54, 1.807) is 24.3 Å². The minimum atomic E-state index is -0.541. The largest absolute Gasteiger partial charge is 0.397 e. The fourth-order valence-electron chi connectivity index (χ4n) is 1.63. The van der Waals surface area contributed by atoms with Crippen molar-refractivity contribution in [2.75, 3.05) is 16.4 Å². The van der Waals surface area contributed by atoms with Crippen LogP contribution in [0.15, 0.2) is 42.5 Å². The third-order valence-electron chi connectivity index (χ3n) is 2.58. The van der Waals surface area contributed by atoms with Crippen molar-refractivity contribution in [1.29, 1.82) is 0 Å². The molecule has 0 atom stereocenters. The van der Waals surface area contributed by atoms with Gasteiger partial charge in [-0.3, -0.25) is 0 Å². The van der Waals surface area contributed by atoms with E-state index < -0.39 is 11.8 Å². The number of carbonyl (C=O) groups excluding carboxylic acids is 1. The number of para-hydroxylation sites is 1. The highest BCUT2D eigenvalue weighted by atomic mass is 19.1. The Kier molecular flexibility index (Phi) is 3.66. The Balaban J connectivity index is 2.08. The summed E-state index contributed by atoms with van der Waals surface area (Å²) in [5.41, 5.74) is 7.84. The maximum Gasteiger partial charge on any atom is 0.323 e. The summed E-state index contributed by atoms with van der Waals surface area (Å²) in [5, 5.41) is 4.99. The number of rotatable bonds is 2. The molecule has 0 saturated heterocycles. The Hall–Kier alpha value is -2.56. The van der Waals surface area contributed by atoms with Gasteiger partial charge in [0.15, 0.2) is 0 Å². The smallest absolute Gasteiger partial charge is 0.323 e. The van der Waals surface area contributed by atoms with Crippen LogP contribution in [0, 0.1) is 12.7 Å². The number of carbonyl (C=O) groups is 1. The number of nitrogens with two attached hydrogens (primary N) is 1. The lowest BCUT2D eigenvalue weighted by Crippen LogP contribution is -2.20. The lowest BCUT2D eigenvalue weighted by Gasteiger charge is -2.10. The number of hydrogen-bond donors (Lipinski definition) is 3. The fourth-order valence-corrected chi connectivity index (χ4v) is 1.63. The van der Waals surface area contributed by atoms with Gasteiger partial charge in [-0.05, 0) is 36.8 Å². The van der Waals surface area contributed by atoms with Gasteiger partial charge in [0.25, 0.3) is 0 Å². The second-order valence-corrected chi connectivity index (χ2v) is 4.15. The van der Waals surface area contributed by atoms with E-state index in [0.29, 0.717) is 11.4 Å². The number of nitrogens with one attached hydrogen (secondary N) is 2. The second-order valence-electron chi connectivity index (χ2n) is 4.15. The molecular formula is C14H14FN3O. The number of amides is 2. The summed E-state index contributed by atoms with van der Waals surface area (Å²) in [4.78, 5) is 11.7. The molecule has 0 saturated carbocycles. The van der Waals surface area contributed by atoms with Crippen molar-refractivity contribution < 1.29 is 9.18 Å². The van der Waals surface area contributed by atoms with Crippen LogP contribution in [-0.2, 0) is 0 Å². The number of benzene rings is 2. The SMILES string of the molecule is Cc1ccc(NC(=O)Nc2ccccc2F)c(N)c1. The van der Waals surface area contributed by atoms with Gasteiger partial charge in [-0.1, -0.05) is 18.2 Å². The van der Waals surface area contributed by atoms with Crippen molar-refractivity contribution in [1.82, 2.24) is 0 Å². The first-order valence-electron chi connectivity index (χ1n) is 5.75. The Morgan fingerprint density at radius 3 is 2.47 bits per heavy atom. The first kappa shape index (κ1) is 12.9. The lowest BCUT2D eigenvalue weighted by atomic mass is 10.2. The van der Waals surface area contributed by atoms with Crippen LogP contribution in [0.5, 0.6) is 0 Å². The number of hydrogen-bond acceptors (Lipinski definition) is 2. The van der Waals surface area contributed by atoms with Gasteiger partial charge in [0.05, 0.1) is 17.1 Å². The first-order valence-corrected chi connectivity index (χ1v) is 5.75. The quantitative estimate of drug-likeness (QED) is 0.724. The summed E-state index contributed by atoms with van der Waals surface area (Å²) in [6.07, 6.45) is 0. The van der Waals surface area contributed by atoms with Crippen LogP contribution in [0.4, 0.5) is 26.2 Å². The molecule has 0 fully saturated rings. The number of nitrogen functional groups attached to an aromatic ring is 1. The third-order valence-corrected chi connectivity index (χ3v) is 2.58. The highest BCUT2D eigenvalue weighted by molar-refractivity contribution is 6.01. The average Bonchev–Trinajstić information content (AvgIpc) is 2.36. The van der Waals surface area contributed by atoms with E-state index in [2.05, 4.69) is 10.6 Å². The van der Waals surface area contributed by atoms with Crippen LogP contribution in [0.2, 0.25) is 0 Å². The van der Waals surface area contributed by atoms with Gasteiger partial charge >= 0.3 is 6.03 Å². The van der Waals surface area contributed by atoms with E-state index >= 15 is 0 Å². The molecule has 0 spiro atoms. The Morgan fingerprint density at radius 1 is 1.11 bits per heavy atom. The second kappa shape index (κ2) is 5.39. The fraction of sp³-hybridized carbons (Fsp3) is 0.0714. The Bertz CT molecular complexity index is 613. The summed E-state index contributed by atoms with van der Waals surface area (Å²) in [6.45, 7) is 1.90. The standard InChI is InChI=1S/C14H14FN3O/c1-9-6-7-13(11(16)8-9)18-14(19)17-12-5-3-2-4-10(12)15/h2-8H,16H2,1H3,(H2,17,18,19). The molecule has 98 valence electrons. The van der Waals surface area contributed by atoms with Crippen molar-refractivity contribution in [3.8, 4) is 0 Å². The van der Waals surface area contributed by atoms with Gasteiger partial charge in [-0.2, -0.15) is 0 Å². The molecule has 0 aliphatic rings. The van der Waals surface area contributed by atoms with Gasteiger partial charge in [-0.15, -0.1) is 0 Å². The summed E-state index contributed by atoms with van der Waals surface area (Å²) < 4.78 is 13.4. The molecule has 2 amide bonds. The number of urea groups is 1. The molecule has 0 aliphatic carbocycles. The van der Waals surface area contributed by atoms with E-state index in [0.717, 1.165) is 5.56 Å². The molecule has 0 radical (unpaired) electrons. The van der Waals surface area contributed by atoms with Gasteiger partial charge in [-0.25, -0.2) is 9.18 Å². The van der Waals surface area contributed by atoms with Crippen molar-refractivity contribution in [2.24, 2.45) is 0 Å². The molecule has 4 N–H and O–H groups in total. The Morgan fingerprint density at radius 2 is 1.79 bits per heavy atom. The van der Waals surface area contributed by atoms with E-state index in [9.17, 15) is 9.18 Å². The molecule has 4 nitrogen and oxygen atoms in total. The molecule has 2 aromatic rings. The monoisotopic (exact) mass is 259 g/mol. The Labute approximate surface area is 110 Å². The van der Waals surface area contributed by atoms with Crippen molar-refractivity contribution in [3.63, 3.8) is 0 Å². The average molecular weight is 259 g/mol. The van der Waals surface area contributed by atoms with E-state index in [1.165, 1.54) is 12.1 Å². The van der Waals surface area contributed by atoms with Gasteiger partial charge in [0, 0.05) is 0 Å². The molecule has 0 unspecified atom stereocenters. The maximum absolute atomic E-state index is 13.4. The molecule has 0 aliphatic heterocycles. The molecule has 2 rings (SSSR count). The normalized spacial score (nSPS) is 10.0. The first-order chi connectivity index (χ1) is 9.06. The minimum Gasteiger partial charge on any atom is -0.397 e. The maximum atomic E-state index is 13.4. The van der Waals surface area contributed by atoms with Crippen LogP contribution in [0.1, 0.15) is 5.56 Å². The van der Waals surface area contributed by atoms with Crippen molar-refractivity contribution in [3.05, 3.63) is 53.8 Å². The summed E-state index contributed by atoms with van der Waals surface area (Å²) in [6, 6.07) is 10.7. The lowest BCUT2D eigenvalue weighted by molar-refractivity contribution is 0.262. The summed E-state index contributed by atoms with van der Waals surface area (Å²) >= 11 is 0. The number of anilines is 3. The number of aryl methyl sites for hydroxylation is 1. The molecule has 0 bridgehead atoms. The van der Waals surface area contributed by atoms with Crippen molar-refractivity contribution in [2.45, 2.75) is 6.92 Å². The highest BCUT2D eigenvalue weighted by Crippen LogP contribution is 2.20. The van der Waals surface area contributed by atoms with Gasteiger partial charge in [0.2, 0.25) is 0 Å². The molecule has 2 aromatic carbocycles. The predicted octanol–water partition coefficient (Wildman–Crippen LogP) is 3.36. The zero-order valence-corrected chi connectivity index (χ0v) is 10.4. The van der Waals surface area contributed by atoms with Crippen LogP contribution >= 0.6 is 0 Å². The molecular weight excluding hydrogens is 245 g/mol. The van der Waals surface area contributed by atoms with Gasteiger partial charge < -0.3 is 16.4 Å². The molecule has 0 aromatic heterocycles. The number of halogens is 1. The van der Waals surface area contributed by atoms with Crippen LogP contribution < -0.4 is 16.4 Å². The third kappa shape index (κ3) is 3.22. The van der Waals surface area contributed by atoms with E-state index in [-0.39, 0.29) is 5.69 Å². The van der Waals surface area contributed by atoms with Crippen LogP contribution in [0.3, 0.4) is 0 Å². The van der Waals surface area contributed by atoms with Crippen LogP contribution in [0.25, 0.3) is 0 Å². The van der Waals surface area contributed by atoms with Crippen LogP contribution in [-0.4, -0.2) is 6.03 Å². The zero-order valence-electron chi connectivity index (χ0n) is 10.4. The molecule has 0 heterocycles. The zero-order chi connectivity index (χ0) is 13.8. The minimum absolute atomic E-state index is 0.116. The van der Waals surface area contributed by atoms with Crippen molar-refractivity contribution >= 4 is 23.1 Å². The summed E-state index contributed by atoms with van der Waals surface area (Å²) in [7, 11) is 0. The molecule has 19 heavy (non-hydrogen) atoms. The van der Waals surface area contributed by atoms with Gasteiger partial charge in [0.1, 0.15) is 5.82 Å².